The second kappa shape index (κ2) is 46.1. The fourth-order valence-corrected chi connectivity index (χ4v) is 7.55. The van der Waals surface area contributed by atoms with Crippen LogP contribution in [0.4, 0.5) is 0 Å². The third-order valence-electron chi connectivity index (χ3n) is 11.1. The number of allylic oxidation sites excluding steroid dienone is 8. The molecular formula is C53H93O12P. The van der Waals surface area contributed by atoms with E-state index in [1.807, 2.05) is 43.4 Å². The Labute approximate surface area is 400 Å². The van der Waals surface area contributed by atoms with Crippen LogP contribution < -0.4 is 0 Å². The minimum atomic E-state index is -4.67. The molecule has 0 aliphatic heterocycles. The molecular weight excluding hydrogens is 860 g/mol. The monoisotopic (exact) mass is 953 g/mol. The van der Waals surface area contributed by atoms with E-state index in [0.717, 1.165) is 31.6 Å². The molecule has 0 spiro atoms. The predicted molar refractivity (Wildman–Crippen MR) is 268 cm³/mol. The Balaban J connectivity index is 4.38. The number of ether oxygens (including phenoxy) is 2. The maximum Gasteiger partial charge on any atom is 0.472 e. The first-order valence-corrected chi connectivity index (χ1v) is 27.0. The van der Waals surface area contributed by atoms with E-state index in [1.165, 1.54) is 103 Å². The average molecular weight is 953 g/mol. The maximum absolute atomic E-state index is 12.7. The summed E-state index contributed by atoms with van der Waals surface area (Å²) in [5.74, 6) is -0.206. The fourth-order valence-electron chi connectivity index (χ4n) is 6.76. The molecule has 0 fully saturated rings. The van der Waals surface area contributed by atoms with Gasteiger partial charge >= 0.3 is 19.8 Å². The molecule has 0 radical (unpaired) electrons. The van der Waals surface area contributed by atoms with Crippen LogP contribution in [-0.4, -0.2) is 88.1 Å². The highest BCUT2D eigenvalue weighted by Gasteiger charge is 2.27. The zero-order chi connectivity index (χ0) is 48.8. The van der Waals surface area contributed by atoms with Crippen molar-refractivity contribution in [2.24, 2.45) is 5.92 Å². The third kappa shape index (κ3) is 45.1. The fraction of sp³-hybridized carbons (Fsp3) is 0.736. The van der Waals surface area contributed by atoms with Crippen molar-refractivity contribution in [3.05, 3.63) is 72.9 Å². The minimum Gasteiger partial charge on any atom is -0.462 e. The summed E-state index contributed by atoms with van der Waals surface area (Å²) < 4.78 is 32.7. The van der Waals surface area contributed by atoms with Gasteiger partial charge in [0.1, 0.15) is 12.7 Å². The number of phosphoric ester groups is 1. The molecule has 0 aromatic rings. The number of hydrogen-bond donors (Lipinski definition) is 5. The molecule has 0 amide bonds. The summed E-state index contributed by atoms with van der Waals surface area (Å²) >= 11 is 0. The van der Waals surface area contributed by atoms with Gasteiger partial charge in [-0.3, -0.25) is 18.6 Å². The lowest BCUT2D eigenvalue weighted by atomic mass is 9.99. The van der Waals surface area contributed by atoms with Crippen molar-refractivity contribution in [3.63, 3.8) is 0 Å². The number of unbranched alkanes of at least 4 members (excludes halogenated alkanes) is 17. The van der Waals surface area contributed by atoms with Gasteiger partial charge in [-0.05, 0) is 44.4 Å². The quantitative estimate of drug-likeness (QED) is 0.0128. The lowest BCUT2D eigenvalue weighted by Gasteiger charge is -2.20. The molecule has 2 unspecified atom stereocenters. The summed E-state index contributed by atoms with van der Waals surface area (Å²) in [5.41, 5.74) is 0. The first-order chi connectivity index (χ1) is 31.9. The highest BCUT2D eigenvalue weighted by atomic mass is 31.2. The molecule has 13 heteroatoms. The highest BCUT2D eigenvalue weighted by Crippen LogP contribution is 2.43. The molecule has 6 atom stereocenters. The van der Waals surface area contributed by atoms with Gasteiger partial charge < -0.3 is 34.8 Å². The second-order valence-corrected chi connectivity index (χ2v) is 18.9. The Kier molecular flexibility index (Phi) is 44.2. The van der Waals surface area contributed by atoms with Crippen LogP contribution in [0, 0.1) is 5.92 Å². The molecule has 0 bridgehead atoms. The Bertz CT molecular complexity index is 1380. The predicted octanol–water partition coefficient (Wildman–Crippen LogP) is 12.2. The molecule has 0 aromatic carbocycles. The highest BCUT2D eigenvalue weighted by molar-refractivity contribution is 7.47. The Morgan fingerprint density at radius 1 is 0.576 bits per heavy atom. The molecule has 382 valence electrons. The molecule has 0 rings (SSSR count). The number of aliphatic hydroxyl groups excluding tert-OH is 4. The van der Waals surface area contributed by atoms with Crippen LogP contribution in [0.15, 0.2) is 72.9 Å². The smallest absolute Gasteiger partial charge is 0.462 e. The minimum absolute atomic E-state index is 0.0581. The van der Waals surface area contributed by atoms with E-state index in [2.05, 4.69) is 18.4 Å². The van der Waals surface area contributed by atoms with Crippen molar-refractivity contribution in [3.8, 4) is 0 Å². The Morgan fingerprint density at radius 3 is 1.58 bits per heavy atom. The first kappa shape index (κ1) is 63.3. The number of phosphoric acid groups is 1. The van der Waals surface area contributed by atoms with E-state index >= 15 is 0 Å². The number of rotatable bonds is 46. The summed E-state index contributed by atoms with van der Waals surface area (Å²) in [6, 6.07) is 0. The molecule has 0 saturated heterocycles. The van der Waals surface area contributed by atoms with Crippen LogP contribution in [0.2, 0.25) is 0 Å². The van der Waals surface area contributed by atoms with Crippen LogP contribution in [0.3, 0.4) is 0 Å². The number of aliphatic hydroxyl groups is 4. The number of carbonyl (C=O) groups is 2. The lowest BCUT2D eigenvalue weighted by Crippen LogP contribution is -2.29. The van der Waals surface area contributed by atoms with Crippen molar-refractivity contribution in [2.75, 3.05) is 26.4 Å². The standard InChI is InChI=1S/C53H93O12P/c1-4-6-29-37-48(55)39-32-27-28-33-40-49(56)38-31-24-21-22-25-34-41-52(58)62-45-51(46-64-66(60,61)63-44-50(57)43-54)65-53(59)42-35-26-20-18-16-14-12-10-8-7-9-11-13-15-17-19-23-30-36-47(3)5-2/h6,22,24-25,27-29,31-33,39-40,47-51,54-57H,4-5,7-21,23,26,30,34-38,41-46H2,1-3H3,(H,60,61)/b25-22-,28-27-,29-6-,31-24-,39-32+,40-33+/t47?,48-,49+,50+,51-/m1/s1. The van der Waals surface area contributed by atoms with E-state index in [9.17, 15) is 34.4 Å². The van der Waals surface area contributed by atoms with Crippen molar-refractivity contribution in [1.82, 2.24) is 0 Å². The largest absolute Gasteiger partial charge is 0.472 e. The summed E-state index contributed by atoms with van der Waals surface area (Å²) in [4.78, 5) is 35.1. The van der Waals surface area contributed by atoms with Crippen molar-refractivity contribution in [1.29, 1.82) is 0 Å². The number of carbonyl (C=O) groups excluding carboxylic acids is 2. The van der Waals surface area contributed by atoms with Gasteiger partial charge in [-0.1, -0.05) is 216 Å². The summed E-state index contributed by atoms with van der Waals surface area (Å²) in [6.45, 7) is 4.39. The van der Waals surface area contributed by atoms with Gasteiger partial charge in [0.2, 0.25) is 0 Å². The van der Waals surface area contributed by atoms with E-state index in [1.54, 1.807) is 36.5 Å². The summed E-state index contributed by atoms with van der Waals surface area (Å²) in [6.07, 6.45) is 46.5. The third-order valence-corrected chi connectivity index (χ3v) is 12.0. The van der Waals surface area contributed by atoms with E-state index < -0.39 is 70.6 Å². The van der Waals surface area contributed by atoms with E-state index in [4.69, 9.17) is 19.1 Å². The van der Waals surface area contributed by atoms with Crippen LogP contribution in [0.25, 0.3) is 0 Å². The molecule has 0 aliphatic rings. The van der Waals surface area contributed by atoms with Crippen LogP contribution in [-0.2, 0) is 32.7 Å². The van der Waals surface area contributed by atoms with Crippen LogP contribution in [0.5, 0.6) is 0 Å². The second-order valence-electron chi connectivity index (χ2n) is 17.5. The van der Waals surface area contributed by atoms with Gasteiger partial charge in [0.15, 0.2) is 6.10 Å². The Hall–Kier alpha value is -2.67. The van der Waals surface area contributed by atoms with Gasteiger partial charge in [-0.15, -0.1) is 0 Å². The SMILES string of the molecule is CC/C=C\C[C@@H](O)/C=C/C=C\C=C\[C@@H](O)C/C=C\C/C=C\CCC(=O)OC[C@H](COP(=O)(O)OC[C@@H](O)CO)OC(=O)CCCCCCCCCCCCCCCCCCCCC(C)CC. The van der Waals surface area contributed by atoms with Gasteiger partial charge in [0, 0.05) is 12.8 Å². The van der Waals surface area contributed by atoms with Crippen LogP contribution >= 0.6 is 7.82 Å². The molecule has 12 nitrogen and oxygen atoms in total. The summed E-state index contributed by atoms with van der Waals surface area (Å²) in [7, 11) is -4.67. The van der Waals surface area contributed by atoms with Gasteiger partial charge in [0.25, 0.3) is 0 Å². The molecule has 0 heterocycles. The Morgan fingerprint density at radius 2 is 1.06 bits per heavy atom. The zero-order valence-electron chi connectivity index (χ0n) is 41.3. The van der Waals surface area contributed by atoms with E-state index in [-0.39, 0.29) is 12.8 Å². The zero-order valence-corrected chi connectivity index (χ0v) is 42.2. The van der Waals surface area contributed by atoms with Gasteiger partial charge in [-0.25, -0.2) is 4.57 Å². The average Bonchev–Trinajstić information content (AvgIpc) is 3.30. The number of hydrogen-bond acceptors (Lipinski definition) is 11. The lowest BCUT2D eigenvalue weighted by molar-refractivity contribution is -0.161. The van der Waals surface area contributed by atoms with Crippen molar-refractivity contribution < 1.29 is 58.0 Å². The maximum atomic E-state index is 12.7. The normalized spacial score (nSPS) is 15.7. The van der Waals surface area contributed by atoms with Gasteiger partial charge in [0.05, 0.1) is 32.0 Å². The molecule has 5 N–H and O–H groups in total. The molecule has 0 aromatic heterocycles. The first-order valence-electron chi connectivity index (χ1n) is 25.5. The van der Waals surface area contributed by atoms with E-state index in [0.29, 0.717) is 32.1 Å². The number of esters is 2. The molecule has 0 aliphatic carbocycles. The molecule has 0 saturated carbocycles. The molecule has 66 heavy (non-hydrogen) atoms. The topological polar surface area (TPSA) is 189 Å². The van der Waals surface area contributed by atoms with Crippen molar-refractivity contribution >= 4 is 19.8 Å². The summed E-state index contributed by atoms with van der Waals surface area (Å²) in [5, 5.41) is 38.4. The van der Waals surface area contributed by atoms with Gasteiger partial charge in [-0.2, -0.15) is 0 Å². The van der Waals surface area contributed by atoms with Crippen LogP contribution in [0.1, 0.15) is 194 Å². The van der Waals surface area contributed by atoms with Crippen molar-refractivity contribution in [2.45, 2.75) is 219 Å².